The minimum absolute atomic E-state index is 0.0395. The van der Waals surface area contributed by atoms with Gasteiger partial charge in [0.2, 0.25) is 0 Å². The molecule has 1 unspecified atom stereocenters. The minimum Gasteiger partial charge on any atom is -0.377 e. The molecule has 170 valence electrons. The minimum atomic E-state index is -3.30. The summed E-state index contributed by atoms with van der Waals surface area (Å²) in [5.74, 6) is 1.12. The Hall–Kier alpha value is -2.72. The molecule has 3 heterocycles. The van der Waals surface area contributed by atoms with Crippen LogP contribution in [0.5, 0.6) is 0 Å². The lowest BCUT2D eigenvalue weighted by Gasteiger charge is -2.35. The number of rotatable bonds is 4. The Balaban J connectivity index is 1.48. The first-order valence-electron chi connectivity index (χ1n) is 11.0. The Morgan fingerprint density at radius 3 is 2.59 bits per heavy atom. The number of sulfone groups is 1. The van der Waals surface area contributed by atoms with Crippen molar-refractivity contribution in [3.8, 4) is 11.4 Å². The highest BCUT2D eigenvalue weighted by molar-refractivity contribution is 7.91. The predicted molar refractivity (Wildman–Crippen MR) is 121 cm³/mol. The van der Waals surface area contributed by atoms with Gasteiger partial charge in [-0.3, -0.25) is 0 Å². The van der Waals surface area contributed by atoms with Gasteiger partial charge in [-0.2, -0.15) is 0 Å². The normalized spacial score (nSPS) is 24.1. The smallest absolute Gasteiger partial charge is 0.319 e. The van der Waals surface area contributed by atoms with E-state index in [1.54, 1.807) is 19.1 Å². The summed E-state index contributed by atoms with van der Waals surface area (Å²) in [5.41, 5.74) is 2.71. The van der Waals surface area contributed by atoms with E-state index in [9.17, 15) is 13.2 Å². The molecule has 3 aliphatic rings. The van der Waals surface area contributed by atoms with Crippen molar-refractivity contribution in [1.82, 2.24) is 15.3 Å². The summed E-state index contributed by atoms with van der Waals surface area (Å²) in [6.45, 7) is 5.53. The third-order valence-corrected chi connectivity index (χ3v) is 8.23. The van der Waals surface area contributed by atoms with E-state index in [1.165, 1.54) is 0 Å². The lowest BCUT2D eigenvalue weighted by atomic mass is 10.1. The first kappa shape index (κ1) is 21.1. The molecule has 1 saturated carbocycles. The second-order valence-corrected chi connectivity index (χ2v) is 11.1. The van der Waals surface area contributed by atoms with Gasteiger partial charge in [0.05, 0.1) is 30.7 Å². The molecule has 1 aromatic carbocycles. The third-order valence-electron chi connectivity index (χ3n) is 6.24. The summed E-state index contributed by atoms with van der Waals surface area (Å²) in [6, 6.07) is 7.45. The van der Waals surface area contributed by atoms with Crippen molar-refractivity contribution in [2.24, 2.45) is 0 Å². The van der Waals surface area contributed by atoms with Gasteiger partial charge in [-0.05, 0) is 51.0 Å². The van der Waals surface area contributed by atoms with Gasteiger partial charge < -0.3 is 20.3 Å². The highest BCUT2D eigenvalue weighted by Crippen LogP contribution is 2.41. The molecule has 1 aliphatic carbocycles. The van der Waals surface area contributed by atoms with Gasteiger partial charge in [-0.1, -0.05) is 0 Å². The summed E-state index contributed by atoms with van der Waals surface area (Å²) in [7, 11) is -3.30. The number of carbonyl (C=O) groups is 1. The maximum atomic E-state index is 12.7. The van der Waals surface area contributed by atoms with Crippen LogP contribution in [0, 0.1) is 0 Å². The van der Waals surface area contributed by atoms with Gasteiger partial charge in [-0.25, -0.2) is 23.2 Å². The molecule has 2 atom stereocenters. The van der Waals surface area contributed by atoms with Crippen molar-refractivity contribution in [1.29, 1.82) is 0 Å². The molecule has 1 saturated heterocycles. The number of ether oxygens (including phenoxy) is 1. The fourth-order valence-corrected chi connectivity index (χ4v) is 5.62. The van der Waals surface area contributed by atoms with E-state index in [4.69, 9.17) is 9.72 Å². The van der Waals surface area contributed by atoms with Crippen LogP contribution in [0.2, 0.25) is 0 Å². The van der Waals surface area contributed by atoms with Crippen molar-refractivity contribution >= 4 is 27.4 Å². The van der Waals surface area contributed by atoms with Gasteiger partial charge in [0, 0.05) is 29.4 Å². The van der Waals surface area contributed by atoms with Crippen LogP contribution in [-0.4, -0.2) is 56.3 Å². The molecule has 0 radical (unpaired) electrons. The van der Waals surface area contributed by atoms with Gasteiger partial charge in [-0.15, -0.1) is 0 Å². The number of carbonyl (C=O) groups excluding carboxylic acids is 1. The Kier molecular flexibility index (Phi) is 5.29. The van der Waals surface area contributed by atoms with Gasteiger partial charge in [0.15, 0.2) is 15.7 Å². The van der Waals surface area contributed by atoms with Crippen molar-refractivity contribution in [2.75, 3.05) is 30.0 Å². The number of fused-ring (bicyclic) bond motifs is 1. The Morgan fingerprint density at radius 1 is 1.16 bits per heavy atom. The number of aromatic nitrogens is 2. The average Bonchev–Trinajstić information content (AvgIpc) is 3.54. The number of amides is 2. The lowest BCUT2D eigenvalue weighted by Crippen LogP contribution is -2.44. The van der Waals surface area contributed by atoms with Crippen molar-refractivity contribution in [3.63, 3.8) is 0 Å². The van der Waals surface area contributed by atoms with Crippen LogP contribution in [0.3, 0.4) is 0 Å². The third kappa shape index (κ3) is 4.04. The maximum Gasteiger partial charge on any atom is 0.319 e. The van der Waals surface area contributed by atoms with E-state index in [1.807, 2.05) is 19.1 Å². The maximum absolute atomic E-state index is 12.7. The van der Waals surface area contributed by atoms with Crippen LogP contribution >= 0.6 is 0 Å². The van der Waals surface area contributed by atoms with Crippen molar-refractivity contribution in [3.05, 3.63) is 35.5 Å². The SMILES string of the molecule is CC1c2nc(-c3ccc(NC(=O)NC4CC4)cc3)nc(N3CCOC[C@@H]3C)c2CS1(=O)=O. The second kappa shape index (κ2) is 8.00. The number of urea groups is 1. The zero-order valence-corrected chi connectivity index (χ0v) is 19.0. The fourth-order valence-electron chi connectivity index (χ4n) is 4.15. The van der Waals surface area contributed by atoms with E-state index in [-0.39, 0.29) is 23.9 Å². The van der Waals surface area contributed by atoms with E-state index in [0.717, 1.165) is 18.4 Å². The van der Waals surface area contributed by atoms with Gasteiger partial charge in [0.1, 0.15) is 11.1 Å². The Bertz CT molecular complexity index is 1150. The molecule has 0 spiro atoms. The van der Waals surface area contributed by atoms with Crippen LogP contribution in [0.25, 0.3) is 11.4 Å². The van der Waals surface area contributed by atoms with E-state index in [2.05, 4.69) is 20.5 Å². The largest absolute Gasteiger partial charge is 0.377 e. The molecule has 0 bridgehead atoms. The number of hydrogen-bond acceptors (Lipinski definition) is 7. The van der Waals surface area contributed by atoms with Crippen LogP contribution < -0.4 is 15.5 Å². The molecule has 1 aromatic heterocycles. The van der Waals surface area contributed by atoms with Crippen molar-refractivity contribution < 1.29 is 17.9 Å². The summed E-state index contributed by atoms with van der Waals surface area (Å²) >= 11 is 0. The summed E-state index contributed by atoms with van der Waals surface area (Å²) in [4.78, 5) is 23.6. The quantitative estimate of drug-likeness (QED) is 0.725. The molecule has 2 N–H and O–H groups in total. The fraction of sp³-hybridized carbons (Fsp3) is 0.500. The monoisotopic (exact) mass is 457 g/mol. The molecule has 2 amide bonds. The number of benzene rings is 1. The van der Waals surface area contributed by atoms with Crippen molar-refractivity contribution in [2.45, 2.75) is 49.8 Å². The van der Waals surface area contributed by atoms with Crippen LogP contribution in [0.4, 0.5) is 16.3 Å². The standard InChI is InChI=1S/C22H27N5O4S/c1-13-11-31-10-9-27(13)21-18-12-32(29,30)14(2)19(18)25-20(26-21)15-3-5-16(6-4-15)23-22(28)24-17-7-8-17/h3-6,13-14,17H,7-12H2,1-2H3,(H2,23,24,28)/t13-,14?/m0/s1. The van der Waals surface area contributed by atoms with Crippen LogP contribution in [0.1, 0.15) is 43.2 Å². The molecule has 9 nitrogen and oxygen atoms in total. The molecule has 2 aliphatic heterocycles. The molecular formula is C22H27N5O4S. The molecule has 10 heteroatoms. The van der Waals surface area contributed by atoms with E-state index < -0.39 is 15.1 Å². The highest BCUT2D eigenvalue weighted by Gasteiger charge is 2.39. The number of nitrogens with one attached hydrogen (secondary N) is 2. The summed E-state index contributed by atoms with van der Waals surface area (Å²) < 4.78 is 30.9. The molecule has 5 rings (SSSR count). The number of anilines is 2. The van der Waals surface area contributed by atoms with Gasteiger partial charge >= 0.3 is 6.03 Å². The topological polar surface area (TPSA) is 114 Å². The Labute approximate surface area is 187 Å². The van der Waals surface area contributed by atoms with Gasteiger partial charge in [0.25, 0.3) is 0 Å². The second-order valence-electron chi connectivity index (χ2n) is 8.75. The molecular weight excluding hydrogens is 430 g/mol. The first-order valence-corrected chi connectivity index (χ1v) is 12.7. The molecule has 2 fully saturated rings. The molecule has 2 aromatic rings. The lowest BCUT2D eigenvalue weighted by molar-refractivity contribution is 0.0984. The van der Waals surface area contributed by atoms with E-state index >= 15 is 0 Å². The molecule has 32 heavy (non-hydrogen) atoms. The number of morpholine rings is 1. The summed E-state index contributed by atoms with van der Waals surface area (Å²) in [6.07, 6.45) is 2.06. The first-order chi connectivity index (χ1) is 15.3. The average molecular weight is 458 g/mol. The zero-order chi connectivity index (χ0) is 22.5. The van der Waals surface area contributed by atoms with Crippen LogP contribution in [-0.2, 0) is 20.3 Å². The zero-order valence-electron chi connectivity index (χ0n) is 18.2. The number of nitrogens with zero attached hydrogens (tertiary/aromatic N) is 3. The Morgan fingerprint density at radius 2 is 1.91 bits per heavy atom. The predicted octanol–water partition coefficient (Wildman–Crippen LogP) is 2.64. The number of hydrogen-bond donors (Lipinski definition) is 2. The highest BCUT2D eigenvalue weighted by atomic mass is 32.2. The summed E-state index contributed by atoms with van der Waals surface area (Å²) in [5, 5.41) is 5.05. The van der Waals surface area contributed by atoms with Crippen LogP contribution in [0.15, 0.2) is 24.3 Å². The van der Waals surface area contributed by atoms with E-state index in [0.29, 0.717) is 48.3 Å².